The van der Waals surface area contributed by atoms with Crippen LogP contribution in [0, 0.1) is 5.92 Å². The zero-order chi connectivity index (χ0) is 15.7. The van der Waals surface area contributed by atoms with Gasteiger partial charge in [-0.25, -0.2) is 4.98 Å². The average Bonchev–Trinajstić information content (AvgIpc) is 3.12. The number of thiazole rings is 1. The summed E-state index contributed by atoms with van der Waals surface area (Å²) < 4.78 is 38.1. The van der Waals surface area contributed by atoms with Crippen molar-refractivity contribution in [3.05, 3.63) is 52.0 Å². The number of halogens is 3. The maximum Gasteiger partial charge on any atom is 0.416 e. The zero-order valence-electron chi connectivity index (χ0n) is 11.4. The van der Waals surface area contributed by atoms with E-state index < -0.39 is 11.7 Å². The second-order valence-corrected chi connectivity index (χ2v) is 6.19. The number of benzene rings is 1. The topological polar surface area (TPSA) is 42.0 Å². The first-order chi connectivity index (χ1) is 10.4. The van der Waals surface area contributed by atoms with Crippen molar-refractivity contribution < 1.29 is 18.0 Å². The SMILES string of the molecule is O=C(NCc1nccs1)[C@@H]1C[C@@H]1c1cccc(C(F)(F)F)c1. The number of carbonyl (C=O) groups excluding carboxylic acids is 1. The molecule has 3 nitrogen and oxygen atoms in total. The Bertz CT molecular complexity index is 670. The standard InChI is InChI=1S/C15H13F3N2OS/c16-15(17,18)10-3-1-2-9(6-10)11-7-12(11)14(21)20-8-13-19-4-5-22-13/h1-6,11-12H,7-8H2,(H,20,21)/t11-,12-/m1/s1. The van der Waals surface area contributed by atoms with Crippen molar-refractivity contribution in [3.63, 3.8) is 0 Å². The molecule has 2 atom stereocenters. The summed E-state index contributed by atoms with van der Waals surface area (Å²) in [5.41, 5.74) is -0.0944. The summed E-state index contributed by atoms with van der Waals surface area (Å²) in [6.45, 7) is 0.363. The van der Waals surface area contributed by atoms with E-state index in [9.17, 15) is 18.0 Å². The minimum Gasteiger partial charge on any atom is -0.349 e. The Morgan fingerprint density at radius 1 is 1.41 bits per heavy atom. The number of rotatable bonds is 4. The highest BCUT2D eigenvalue weighted by molar-refractivity contribution is 7.09. The van der Waals surface area contributed by atoms with Crippen LogP contribution in [0.25, 0.3) is 0 Å². The molecule has 1 aromatic carbocycles. The first-order valence-electron chi connectivity index (χ1n) is 6.78. The van der Waals surface area contributed by atoms with Gasteiger partial charge in [0.15, 0.2) is 0 Å². The fraction of sp³-hybridized carbons (Fsp3) is 0.333. The van der Waals surface area contributed by atoms with Gasteiger partial charge in [0.1, 0.15) is 5.01 Å². The van der Waals surface area contributed by atoms with E-state index in [4.69, 9.17) is 0 Å². The lowest BCUT2D eigenvalue weighted by molar-refractivity contribution is -0.137. The van der Waals surface area contributed by atoms with Crippen LogP contribution in [-0.4, -0.2) is 10.9 Å². The van der Waals surface area contributed by atoms with Crippen molar-refractivity contribution in [2.45, 2.75) is 25.1 Å². The van der Waals surface area contributed by atoms with Crippen LogP contribution in [0.3, 0.4) is 0 Å². The predicted molar refractivity (Wildman–Crippen MR) is 76.3 cm³/mol. The molecule has 0 bridgehead atoms. The summed E-state index contributed by atoms with van der Waals surface area (Å²) in [5, 5.41) is 5.41. The predicted octanol–water partition coefficient (Wildman–Crippen LogP) is 3.58. The van der Waals surface area contributed by atoms with Gasteiger partial charge in [0.05, 0.1) is 12.1 Å². The van der Waals surface area contributed by atoms with E-state index in [0.29, 0.717) is 18.5 Å². The first-order valence-corrected chi connectivity index (χ1v) is 7.66. The number of alkyl halides is 3. The Kier molecular flexibility index (Phi) is 3.90. The second kappa shape index (κ2) is 5.72. The molecule has 0 unspecified atom stereocenters. The van der Waals surface area contributed by atoms with Crippen molar-refractivity contribution >= 4 is 17.2 Å². The molecule has 1 amide bonds. The molecule has 1 aliphatic rings. The van der Waals surface area contributed by atoms with Gasteiger partial charge in [-0.05, 0) is 24.0 Å². The van der Waals surface area contributed by atoms with E-state index in [1.807, 2.05) is 5.38 Å². The van der Waals surface area contributed by atoms with Crippen molar-refractivity contribution in [2.24, 2.45) is 5.92 Å². The minimum atomic E-state index is -4.35. The first kappa shape index (κ1) is 15.0. The number of nitrogens with zero attached hydrogens (tertiary/aromatic N) is 1. The lowest BCUT2D eigenvalue weighted by Gasteiger charge is -2.08. The Morgan fingerprint density at radius 2 is 2.23 bits per heavy atom. The fourth-order valence-electron chi connectivity index (χ4n) is 2.43. The molecule has 1 N–H and O–H groups in total. The molecule has 1 saturated carbocycles. The van der Waals surface area contributed by atoms with Crippen LogP contribution in [0.2, 0.25) is 0 Å². The van der Waals surface area contributed by atoms with E-state index in [0.717, 1.165) is 17.1 Å². The molecule has 116 valence electrons. The number of carbonyl (C=O) groups is 1. The Morgan fingerprint density at radius 3 is 2.91 bits per heavy atom. The molecule has 1 aromatic heterocycles. The number of nitrogens with one attached hydrogen (secondary N) is 1. The van der Waals surface area contributed by atoms with E-state index in [-0.39, 0.29) is 17.7 Å². The van der Waals surface area contributed by atoms with Crippen LogP contribution in [0.4, 0.5) is 13.2 Å². The normalized spacial score (nSPS) is 20.7. The molecule has 7 heteroatoms. The third-order valence-electron chi connectivity index (χ3n) is 3.67. The molecule has 22 heavy (non-hydrogen) atoms. The number of amides is 1. The number of hydrogen-bond donors (Lipinski definition) is 1. The van der Waals surface area contributed by atoms with E-state index in [2.05, 4.69) is 10.3 Å². The maximum absolute atomic E-state index is 12.7. The molecule has 0 spiro atoms. The van der Waals surface area contributed by atoms with E-state index in [1.54, 1.807) is 12.3 Å². The van der Waals surface area contributed by atoms with Crippen LogP contribution < -0.4 is 5.32 Å². The van der Waals surface area contributed by atoms with Crippen LogP contribution in [-0.2, 0) is 17.5 Å². The molecule has 1 heterocycles. The largest absolute Gasteiger partial charge is 0.416 e. The van der Waals surface area contributed by atoms with Gasteiger partial charge >= 0.3 is 6.18 Å². The fourth-order valence-corrected chi connectivity index (χ4v) is 2.99. The van der Waals surface area contributed by atoms with Gasteiger partial charge in [0.25, 0.3) is 0 Å². The molecule has 0 saturated heterocycles. The van der Waals surface area contributed by atoms with Gasteiger partial charge in [-0.2, -0.15) is 13.2 Å². The minimum absolute atomic E-state index is 0.126. The molecule has 2 aromatic rings. The van der Waals surface area contributed by atoms with Crippen molar-refractivity contribution in [3.8, 4) is 0 Å². The Balaban J connectivity index is 1.61. The van der Waals surface area contributed by atoms with Crippen molar-refractivity contribution in [1.82, 2.24) is 10.3 Å². The molecule has 1 fully saturated rings. The smallest absolute Gasteiger partial charge is 0.349 e. The molecule has 0 radical (unpaired) electrons. The lowest BCUT2D eigenvalue weighted by atomic mass is 10.1. The van der Waals surface area contributed by atoms with E-state index >= 15 is 0 Å². The van der Waals surface area contributed by atoms with Gasteiger partial charge < -0.3 is 5.32 Å². The van der Waals surface area contributed by atoms with Gasteiger partial charge in [-0.3, -0.25) is 4.79 Å². The number of aromatic nitrogens is 1. The summed E-state index contributed by atoms with van der Waals surface area (Å²) in [6, 6.07) is 5.22. The quantitative estimate of drug-likeness (QED) is 0.933. The highest BCUT2D eigenvalue weighted by Crippen LogP contribution is 2.48. The van der Waals surface area contributed by atoms with Crippen molar-refractivity contribution in [2.75, 3.05) is 0 Å². The van der Waals surface area contributed by atoms with Gasteiger partial charge in [0, 0.05) is 17.5 Å². The molecule has 3 rings (SSSR count). The maximum atomic E-state index is 12.7. The summed E-state index contributed by atoms with van der Waals surface area (Å²) >= 11 is 1.45. The molecule has 1 aliphatic carbocycles. The van der Waals surface area contributed by atoms with Gasteiger partial charge in [-0.1, -0.05) is 18.2 Å². The monoisotopic (exact) mass is 326 g/mol. The van der Waals surface area contributed by atoms with Crippen molar-refractivity contribution in [1.29, 1.82) is 0 Å². The summed E-state index contributed by atoms with van der Waals surface area (Å²) in [4.78, 5) is 16.1. The zero-order valence-corrected chi connectivity index (χ0v) is 12.2. The average molecular weight is 326 g/mol. The lowest BCUT2D eigenvalue weighted by Crippen LogP contribution is -2.24. The van der Waals surface area contributed by atoms with Crippen LogP contribution in [0.1, 0.15) is 28.5 Å². The third-order valence-corrected chi connectivity index (χ3v) is 4.45. The summed E-state index contributed by atoms with van der Waals surface area (Å²) in [7, 11) is 0. The molecular weight excluding hydrogens is 313 g/mol. The summed E-state index contributed by atoms with van der Waals surface area (Å²) in [5.74, 6) is -0.500. The van der Waals surface area contributed by atoms with E-state index in [1.165, 1.54) is 17.4 Å². The highest BCUT2D eigenvalue weighted by Gasteiger charge is 2.44. The molecule has 0 aliphatic heterocycles. The van der Waals surface area contributed by atoms with Crippen LogP contribution >= 0.6 is 11.3 Å². The third kappa shape index (κ3) is 3.30. The van der Waals surface area contributed by atoms with Gasteiger partial charge in [-0.15, -0.1) is 11.3 Å². The Labute approximate surface area is 129 Å². The second-order valence-electron chi connectivity index (χ2n) is 5.22. The van der Waals surface area contributed by atoms with Crippen LogP contribution in [0.5, 0.6) is 0 Å². The van der Waals surface area contributed by atoms with Crippen LogP contribution in [0.15, 0.2) is 35.8 Å². The highest BCUT2D eigenvalue weighted by atomic mass is 32.1. The van der Waals surface area contributed by atoms with Gasteiger partial charge in [0.2, 0.25) is 5.91 Å². The molecular formula is C15H13F3N2OS. The summed E-state index contributed by atoms with van der Waals surface area (Å²) in [6.07, 6.45) is -2.10. The number of hydrogen-bond acceptors (Lipinski definition) is 3. The Hall–Kier alpha value is -1.89.